The first-order chi connectivity index (χ1) is 17.9. The van der Waals surface area contributed by atoms with Crippen LogP contribution in [0.1, 0.15) is 43.4 Å². The quantitative estimate of drug-likeness (QED) is 0.509. The van der Waals surface area contributed by atoms with Crippen LogP contribution < -0.4 is 5.32 Å². The van der Waals surface area contributed by atoms with Crippen LogP contribution in [0.5, 0.6) is 0 Å². The van der Waals surface area contributed by atoms with Crippen molar-refractivity contribution in [1.29, 1.82) is 0 Å². The van der Waals surface area contributed by atoms with E-state index in [4.69, 9.17) is 4.74 Å². The summed E-state index contributed by atoms with van der Waals surface area (Å²) in [4.78, 5) is 59.6. The minimum atomic E-state index is -0.895. The van der Waals surface area contributed by atoms with Gasteiger partial charge in [0.1, 0.15) is 18.1 Å². The number of hydrogen-bond donors (Lipinski definition) is 1. The van der Waals surface area contributed by atoms with Crippen LogP contribution in [0.2, 0.25) is 0 Å². The van der Waals surface area contributed by atoms with Crippen molar-refractivity contribution in [1.82, 2.24) is 24.7 Å². The highest BCUT2D eigenvalue weighted by atomic mass is 16.5. The first kappa shape index (κ1) is 26.4. The van der Waals surface area contributed by atoms with E-state index in [1.165, 1.54) is 7.11 Å². The van der Waals surface area contributed by atoms with E-state index in [0.29, 0.717) is 45.2 Å². The van der Waals surface area contributed by atoms with Crippen LogP contribution in [-0.2, 0) is 43.8 Å². The molecule has 10 heteroatoms. The number of imidazole rings is 1. The Balaban J connectivity index is 1.39. The highest BCUT2D eigenvalue weighted by Crippen LogP contribution is 2.26. The van der Waals surface area contributed by atoms with Crippen LogP contribution in [0.4, 0.5) is 0 Å². The molecular weight excluding hydrogens is 474 g/mol. The van der Waals surface area contributed by atoms with Crippen molar-refractivity contribution in [2.45, 2.75) is 63.1 Å². The lowest BCUT2D eigenvalue weighted by atomic mass is 10.1. The van der Waals surface area contributed by atoms with Crippen molar-refractivity contribution >= 4 is 23.7 Å². The maximum absolute atomic E-state index is 13.6. The second-order valence-corrected chi connectivity index (χ2v) is 9.70. The van der Waals surface area contributed by atoms with Crippen molar-refractivity contribution in [3.8, 4) is 0 Å². The number of aryl methyl sites for hydroxylation is 2. The molecule has 4 rings (SSSR count). The van der Waals surface area contributed by atoms with Gasteiger partial charge in [-0.15, -0.1) is 0 Å². The minimum Gasteiger partial charge on any atom is -0.467 e. The topological polar surface area (TPSA) is 114 Å². The van der Waals surface area contributed by atoms with Crippen molar-refractivity contribution < 1.29 is 23.9 Å². The molecule has 1 aromatic carbocycles. The van der Waals surface area contributed by atoms with Crippen LogP contribution >= 0.6 is 0 Å². The molecule has 10 nitrogen and oxygen atoms in total. The molecule has 1 N–H and O–H groups in total. The predicted molar refractivity (Wildman–Crippen MR) is 135 cm³/mol. The number of carbonyl (C=O) groups excluding carboxylic acids is 4. The summed E-state index contributed by atoms with van der Waals surface area (Å²) in [5, 5.41) is 2.79. The summed E-state index contributed by atoms with van der Waals surface area (Å²) >= 11 is 0. The third-order valence-corrected chi connectivity index (χ3v) is 7.30. The third-order valence-electron chi connectivity index (χ3n) is 7.30. The number of carbonyl (C=O) groups is 4. The number of nitrogens with zero attached hydrogens (tertiary/aromatic N) is 4. The highest BCUT2D eigenvalue weighted by molar-refractivity contribution is 5.94. The average molecular weight is 510 g/mol. The van der Waals surface area contributed by atoms with Crippen molar-refractivity contribution in [3.05, 3.63) is 54.1 Å². The van der Waals surface area contributed by atoms with E-state index in [9.17, 15) is 19.2 Å². The Morgan fingerprint density at radius 3 is 2.43 bits per heavy atom. The zero-order valence-corrected chi connectivity index (χ0v) is 21.5. The fraction of sp³-hybridized carbons (Fsp3) is 0.519. The summed E-state index contributed by atoms with van der Waals surface area (Å²) in [6.45, 7) is 0.994. The zero-order chi connectivity index (χ0) is 26.4. The summed E-state index contributed by atoms with van der Waals surface area (Å²) in [5.74, 6) is -1.17. The SMILES string of the molecule is COC(=O)[C@H](Cc1cncn1C)NC(=O)[C@@H]1CCCN1C(=O)[C@@H]1CCCN1C(=O)CCc1ccccc1. The number of benzene rings is 1. The first-order valence-corrected chi connectivity index (χ1v) is 12.9. The van der Waals surface area contributed by atoms with Crippen LogP contribution in [0.15, 0.2) is 42.9 Å². The molecule has 3 atom stereocenters. The molecule has 3 amide bonds. The first-order valence-electron chi connectivity index (χ1n) is 12.9. The molecule has 198 valence electrons. The van der Waals surface area contributed by atoms with E-state index in [1.807, 2.05) is 37.4 Å². The van der Waals surface area contributed by atoms with Gasteiger partial charge in [0.2, 0.25) is 17.7 Å². The number of rotatable bonds is 9. The Bertz CT molecular complexity index is 1120. The van der Waals surface area contributed by atoms with Crippen molar-refractivity contribution in [2.75, 3.05) is 20.2 Å². The van der Waals surface area contributed by atoms with Gasteiger partial charge < -0.3 is 24.4 Å². The molecule has 0 aliphatic carbocycles. The van der Waals surface area contributed by atoms with E-state index < -0.39 is 24.1 Å². The molecule has 2 aromatic rings. The minimum absolute atomic E-state index is 0.0400. The Morgan fingerprint density at radius 1 is 1.05 bits per heavy atom. The molecule has 2 fully saturated rings. The van der Waals surface area contributed by atoms with Gasteiger partial charge in [0, 0.05) is 44.9 Å². The average Bonchev–Trinajstić information content (AvgIpc) is 3.68. The number of methoxy groups -OCH3 is 1. The molecule has 2 aliphatic rings. The molecule has 0 saturated carbocycles. The molecule has 0 spiro atoms. The molecule has 2 saturated heterocycles. The van der Waals surface area contributed by atoms with E-state index in [2.05, 4.69) is 10.3 Å². The Kier molecular flexibility index (Phi) is 8.58. The molecule has 2 aliphatic heterocycles. The van der Waals surface area contributed by atoms with Crippen molar-refractivity contribution in [3.63, 3.8) is 0 Å². The van der Waals surface area contributed by atoms with Gasteiger partial charge in [-0.2, -0.15) is 0 Å². The van der Waals surface area contributed by atoms with E-state index in [-0.39, 0.29) is 24.1 Å². The monoisotopic (exact) mass is 509 g/mol. The highest BCUT2D eigenvalue weighted by Gasteiger charge is 2.42. The van der Waals surface area contributed by atoms with Gasteiger partial charge in [-0.3, -0.25) is 14.4 Å². The van der Waals surface area contributed by atoms with Crippen LogP contribution in [0.3, 0.4) is 0 Å². The Hall–Kier alpha value is -3.69. The fourth-order valence-corrected chi connectivity index (χ4v) is 5.25. The van der Waals surface area contributed by atoms with E-state index >= 15 is 0 Å². The maximum atomic E-state index is 13.6. The van der Waals surface area contributed by atoms with Gasteiger partial charge in [-0.25, -0.2) is 9.78 Å². The summed E-state index contributed by atoms with van der Waals surface area (Å²) in [6.07, 6.45) is 6.98. The Morgan fingerprint density at radius 2 is 1.76 bits per heavy atom. The molecule has 37 heavy (non-hydrogen) atoms. The van der Waals surface area contributed by atoms with Crippen LogP contribution in [0.25, 0.3) is 0 Å². The summed E-state index contributed by atoms with van der Waals surface area (Å²) in [6, 6.07) is 7.68. The van der Waals surface area contributed by atoms with Gasteiger partial charge in [0.15, 0.2) is 0 Å². The number of likely N-dealkylation sites (tertiary alicyclic amines) is 2. The van der Waals surface area contributed by atoms with Crippen LogP contribution in [0, 0.1) is 0 Å². The molecule has 0 bridgehead atoms. The molecular formula is C27H35N5O5. The molecule has 0 unspecified atom stereocenters. The van der Waals surface area contributed by atoms with Gasteiger partial charge in [0.25, 0.3) is 0 Å². The van der Waals surface area contributed by atoms with Gasteiger partial charge in [0.05, 0.1) is 13.4 Å². The lowest BCUT2D eigenvalue weighted by molar-refractivity contribution is -0.148. The molecule has 3 heterocycles. The lowest BCUT2D eigenvalue weighted by Gasteiger charge is -2.31. The largest absolute Gasteiger partial charge is 0.467 e. The second kappa shape index (κ2) is 12.0. The molecule has 1 aromatic heterocycles. The number of amides is 3. The smallest absolute Gasteiger partial charge is 0.328 e. The third kappa shape index (κ3) is 6.18. The number of nitrogens with one attached hydrogen (secondary N) is 1. The number of hydrogen-bond acceptors (Lipinski definition) is 6. The van der Waals surface area contributed by atoms with Gasteiger partial charge in [-0.05, 0) is 37.7 Å². The standard InChI is InChI=1S/C27H35N5O5/c1-30-18-28-17-20(30)16-21(27(36)37-2)29-25(34)22-10-6-15-32(22)26(35)23-11-7-14-31(23)24(33)13-12-19-8-4-3-5-9-19/h3-5,8-9,17-18,21-23H,6-7,10-16H2,1-2H3,(H,29,34)/t21-,22-,23-/m0/s1. The number of aromatic nitrogens is 2. The summed E-state index contributed by atoms with van der Waals surface area (Å²) in [7, 11) is 3.09. The van der Waals surface area contributed by atoms with E-state index in [0.717, 1.165) is 17.7 Å². The fourth-order valence-electron chi connectivity index (χ4n) is 5.25. The summed E-state index contributed by atoms with van der Waals surface area (Å²) < 4.78 is 6.68. The maximum Gasteiger partial charge on any atom is 0.328 e. The molecule has 0 radical (unpaired) electrons. The van der Waals surface area contributed by atoms with Gasteiger partial charge >= 0.3 is 5.97 Å². The van der Waals surface area contributed by atoms with Crippen molar-refractivity contribution in [2.24, 2.45) is 7.05 Å². The zero-order valence-electron chi connectivity index (χ0n) is 21.5. The Labute approximate surface area is 217 Å². The number of ether oxygens (including phenoxy) is 1. The predicted octanol–water partition coefficient (Wildman–Crippen LogP) is 1.24. The normalized spacial score (nSPS) is 20.1. The summed E-state index contributed by atoms with van der Waals surface area (Å²) in [5.41, 5.74) is 1.85. The van der Waals surface area contributed by atoms with Gasteiger partial charge in [-0.1, -0.05) is 30.3 Å². The second-order valence-electron chi connectivity index (χ2n) is 9.70. The van der Waals surface area contributed by atoms with E-state index in [1.54, 1.807) is 26.9 Å². The lowest BCUT2D eigenvalue weighted by Crippen LogP contribution is -2.55. The van der Waals surface area contributed by atoms with Crippen LogP contribution in [-0.4, -0.2) is 81.4 Å². The number of esters is 1.